The third-order valence-electron chi connectivity index (χ3n) is 4.77. The lowest BCUT2D eigenvalue weighted by molar-refractivity contribution is -0.114. The molecule has 1 N–H and O–H groups in total. The molecule has 0 saturated heterocycles. The van der Waals surface area contributed by atoms with Crippen molar-refractivity contribution in [1.82, 2.24) is 0 Å². The molecule has 6 nitrogen and oxygen atoms in total. The summed E-state index contributed by atoms with van der Waals surface area (Å²) in [5.41, 5.74) is 3.43. The maximum absolute atomic E-state index is 12.0. The van der Waals surface area contributed by atoms with Crippen LogP contribution in [0.5, 0.6) is 5.75 Å². The first-order chi connectivity index (χ1) is 13.5. The van der Waals surface area contributed by atoms with Gasteiger partial charge in [0.2, 0.25) is 5.91 Å². The van der Waals surface area contributed by atoms with Crippen molar-refractivity contribution in [1.29, 1.82) is 0 Å². The van der Waals surface area contributed by atoms with Gasteiger partial charge in [-0.3, -0.25) is 4.79 Å². The topological polar surface area (TPSA) is 71.8 Å². The van der Waals surface area contributed by atoms with Crippen molar-refractivity contribution in [2.45, 2.75) is 26.8 Å². The molecule has 144 valence electrons. The first-order valence-electron chi connectivity index (χ1n) is 8.99. The summed E-state index contributed by atoms with van der Waals surface area (Å²) in [6.45, 7) is 4.26. The predicted octanol–water partition coefficient (Wildman–Crippen LogP) is 4.32. The Kier molecular flexibility index (Phi) is 4.73. The van der Waals surface area contributed by atoms with Crippen LogP contribution in [0.25, 0.3) is 11.0 Å². The summed E-state index contributed by atoms with van der Waals surface area (Å²) in [7, 11) is 0. The molecule has 2 heterocycles. The normalized spacial score (nSPS) is 13.2. The van der Waals surface area contributed by atoms with Crippen molar-refractivity contribution in [2.24, 2.45) is 0 Å². The number of nitrogens with zero attached hydrogens (tertiary/aromatic N) is 1. The SMILES string of the molecule is CCc1cc(=O)oc2c3c(c(Cl)cc12)OCN(c1ccc(NC(C)=O)cc1)C3. The summed E-state index contributed by atoms with van der Waals surface area (Å²) in [5, 5.41) is 4.08. The fourth-order valence-electron chi connectivity index (χ4n) is 3.47. The van der Waals surface area contributed by atoms with E-state index in [4.69, 9.17) is 20.8 Å². The number of hydrogen-bond donors (Lipinski definition) is 1. The minimum Gasteiger partial charge on any atom is -0.471 e. The molecule has 0 radical (unpaired) electrons. The smallest absolute Gasteiger partial charge is 0.336 e. The van der Waals surface area contributed by atoms with Gasteiger partial charge in [-0.15, -0.1) is 0 Å². The summed E-state index contributed by atoms with van der Waals surface area (Å²) in [5.74, 6) is 0.433. The van der Waals surface area contributed by atoms with Gasteiger partial charge in [0, 0.05) is 29.8 Å². The van der Waals surface area contributed by atoms with E-state index in [-0.39, 0.29) is 11.5 Å². The van der Waals surface area contributed by atoms with Crippen molar-refractivity contribution < 1.29 is 13.9 Å². The van der Waals surface area contributed by atoms with Gasteiger partial charge in [-0.2, -0.15) is 0 Å². The van der Waals surface area contributed by atoms with E-state index in [1.807, 2.05) is 36.1 Å². The van der Waals surface area contributed by atoms with Crippen LogP contribution in [0, 0.1) is 0 Å². The van der Waals surface area contributed by atoms with Crippen LogP contribution in [0.4, 0.5) is 11.4 Å². The molecular formula is C21H19ClN2O4. The molecule has 1 amide bonds. The summed E-state index contributed by atoms with van der Waals surface area (Å²) in [6, 6.07) is 10.8. The Morgan fingerprint density at radius 3 is 2.68 bits per heavy atom. The van der Waals surface area contributed by atoms with Crippen LogP contribution in [0.2, 0.25) is 5.02 Å². The highest BCUT2D eigenvalue weighted by Crippen LogP contribution is 2.40. The number of ether oxygens (including phenoxy) is 1. The molecule has 1 aliphatic heterocycles. The molecule has 1 aliphatic rings. The third kappa shape index (κ3) is 3.31. The number of rotatable bonds is 3. The lowest BCUT2D eigenvalue weighted by Crippen LogP contribution is -2.32. The van der Waals surface area contributed by atoms with Crippen molar-refractivity contribution >= 4 is 39.9 Å². The molecular weight excluding hydrogens is 380 g/mol. The molecule has 0 atom stereocenters. The zero-order valence-corrected chi connectivity index (χ0v) is 16.3. The molecule has 0 fully saturated rings. The highest BCUT2D eigenvalue weighted by atomic mass is 35.5. The highest BCUT2D eigenvalue weighted by Gasteiger charge is 2.25. The van der Waals surface area contributed by atoms with E-state index < -0.39 is 0 Å². The quantitative estimate of drug-likeness (QED) is 0.665. The number of benzene rings is 2. The number of carbonyl (C=O) groups excluding carboxylic acids is 1. The van der Waals surface area contributed by atoms with E-state index in [1.165, 1.54) is 13.0 Å². The van der Waals surface area contributed by atoms with Crippen LogP contribution in [-0.4, -0.2) is 12.6 Å². The Hall–Kier alpha value is -2.99. The van der Waals surface area contributed by atoms with E-state index in [0.717, 1.165) is 27.9 Å². The third-order valence-corrected chi connectivity index (χ3v) is 5.05. The number of hydrogen-bond acceptors (Lipinski definition) is 5. The van der Waals surface area contributed by atoms with Crippen molar-refractivity contribution in [3.05, 3.63) is 63.0 Å². The van der Waals surface area contributed by atoms with Crippen molar-refractivity contribution in [3.63, 3.8) is 0 Å². The van der Waals surface area contributed by atoms with Crippen LogP contribution in [0.15, 0.2) is 45.6 Å². The largest absolute Gasteiger partial charge is 0.471 e. The first kappa shape index (κ1) is 18.4. The average Bonchev–Trinajstić information content (AvgIpc) is 2.68. The number of carbonyl (C=O) groups is 1. The van der Waals surface area contributed by atoms with E-state index in [9.17, 15) is 9.59 Å². The molecule has 2 aromatic carbocycles. The van der Waals surface area contributed by atoms with Gasteiger partial charge < -0.3 is 19.4 Å². The van der Waals surface area contributed by atoms with Crippen LogP contribution in [-0.2, 0) is 17.8 Å². The fourth-order valence-corrected chi connectivity index (χ4v) is 3.75. The van der Waals surface area contributed by atoms with E-state index in [0.29, 0.717) is 36.1 Å². The lowest BCUT2D eigenvalue weighted by atomic mass is 10.0. The molecule has 0 aliphatic carbocycles. The standard InChI is InChI=1S/C21H19ClN2O4/c1-3-13-8-19(26)28-20-16(13)9-18(22)21-17(20)10-24(11-27-21)15-6-4-14(5-7-15)23-12(2)25/h4-9H,3,10-11H2,1-2H3,(H,23,25). The number of nitrogens with one attached hydrogen (secondary N) is 1. The highest BCUT2D eigenvalue weighted by molar-refractivity contribution is 6.33. The van der Waals surface area contributed by atoms with Gasteiger partial charge in [-0.1, -0.05) is 18.5 Å². The summed E-state index contributed by atoms with van der Waals surface area (Å²) in [6.07, 6.45) is 0.701. The number of anilines is 2. The fraction of sp³-hybridized carbons (Fsp3) is 0.238. The molecule has 3 aromatic rings. The van der Waals surface area contributed by atoms with Gasteiger partial charge in [0.15, 0.2) is 6.73 Å². The monoisotopic (exact) mass is 398 g/mol. The molecule has 1 aromatic heterocycles. The zero-order valence-electron chi connectivity index (χ0n) is 15.5. The minimum absolute atomic E-state index is 0.120. The molecule has 0 spiro atoms. The maximum atomic E-state index is 12.0. The van der Waals surface area contributed by atoms with Gasteiger partial charge in [-0.05, 0) is 42.3 Å². The second kappa shape index (κ2) is 7.20. The van der Waals surface area contributed by atoms with Gasteiger partial charge in [0.25, 0.3) is 0 Å². The number of halogens is 1. The van der Waals surface area contributed by atoms with Crippen LogP contribution >= 0.6 is 11.6 Å². The second-order valence-corrected chi connectivity index (χ2v) is 7.09. The Morgan fingerprint density at radius 2 is 2.00 bits per heavy atom. The molecule has 0 unspecified atom stereocenters. The molecule has 0 saturated carbocycles. The van der Waals surface area contributed by atoms with E-state index in [1.54, 1.807) is 6.07 Å². The van der Waals surface area contributed by atoms with E-state index in [2.05, 4.69) is 5.32 Å². The molecule has 4 rings (SSSR count). The lowest BCUT2D eigenvalue weighted by Gasteiger charge is -2.31. The van der Waals surface area contributed by atoms with Crippen molar-refractivity contribution in [3.8, 4) is 5.75 Å². The van der Waals surface area contributed by atoms with Gasteiger partial charge >= 0.3 is 5.63 Å². The Bertz CT molecular complexity index is 1120. The number of fused-ring (bicyclic) bond motifs is 3. The Morgan fingerprint density at radius 1 is 1.25 bits per heavy atom. The van der Waals surface area contributed by atoms with Crippen LogP contribution in [0.1, 0.15) is 25.0 Å². The van der Waals surface area contributed by atoms with E-state index >= 15 is 0 Å². The average molecular weight is 399 g/mol. The number of aryl methyl sites for hydroxylation is 1. The van der Waals surface area contributed by atoms with Gasteiger partial charge in [0.05, 0.1) is 17.1 Å². The van der Waals surface area contributed by atoms with Crippen LogP contribution < -0.4 is 20.6 Å². The molecule has 7 heteroatoms. The van der Waals surface area contributed by atoms with Crippen molar-refractivity contribution in [2.75, 3.05) is 16.9 Å². The summed E-state index contributed by atoms with van der Waals surface area (Å²) in [4.78, 5) is 25.2. The second-order valence-electron chi connectivity index (χ2n) is 6.69. The zero-order chi connectivity index (χ0) is 19.8. The van der Waals surface area contributed by atoms with Gasteiger partial charge in [0.1, 0.15) is 11.3 Å². The Balaban J connectivity index is 1.75. The first-order valence-corrected chi connectivity index (χ1v) is 9.37. The summed E-state index contributed by atoms with van der Waals surface area (Å²) >= 11 is 6.45. The molecule has 28 heavy (non-hydrogen) atoms. The Labute approximate surface area is 166 Å². The van der Waals surface area contributed by atoms with Crippen LogP contribution in [0.3, 0.4) is 0 Å². The predicted molar refractivity (Wildman–Crippen MR) is 109 cm³/mol. The number of amides is 1. The minimum atomic E-state index is -0.384. The summed E-state index contributed by atoms with van der Waals surface area (Å²) < 4.78 is 11.4. The van der Waals surface area contributed by atoms with Gasteiger partial charge in [-0.25, -0.2) is 4.79 Å². The molecule has 0 bridgehead atoms. The maximum Gasteiger partial charge on any atom is 0.336 e.